The van der Waals surface area contributed by atoms with Crippen LogP contribution in [0.5, 0.6) is 5.75 Å². The van der Waals surface area contributed by atoms with Gasteiger partial charge in [0.15, 0.2) is 5.78 Å². The fourth-order valence-electron chi connectivity index (χ4n) is 3.53. The topological polar surface area (TPSA) is 151 Å². The van der Waals surface area contributed by atoms with Gasteiger partial charge in [0, 0.05) is 17.7 Å². The smallest absolute Gasteiger partial charge is 0.355 e. The number of rotatable bonds is 7. The Hall–Kier alpha value is -4.61. The van der Waals surface area contributed by atoms with E-state index in [1.54, 1.807) is 24.3 Å². The first-order valence-electron chi connectivity index (χ1n) is 9.83. The number of tetrazole rings is 1. The Morgan fingerprint density at radius 1 is 1.21 bits per heavy atom. The van der Waals surface area contributed by atoms with E-state index in [1.807, 2.05) is 6.92 Å². The molecular formula is C21H18N6O6. The minimum absolute atomic E-state index is 0.0219. The second kappa shape index (κ2) is 8.86. The number of non-ortho nitro benzene ring substituents is 1. The lowest BCUT2D eigenvalue weighted by atomic mass is 9.89. The fourth-order valence-corrected chi connectivity index (χ4v) is 3.53. The molecule has 1 aromatic heterocycles. The molecule has 0 bridgehead atoms. The molecular weight excluding hydrogens is 432 g/mol. The molecule has 0 unspecified atom stereocenters. The number of benzene rings is 2. The summed E-state index contributed by atoms with van der Waals surface area (Å²) in [5, 5.41) is 25.5. The third-order valence-electron chi connectivity index (χ3n) is 4.98. The summed E-state index contributed by atoms with van der Waals surface area (Å²) < 4.78 is 11.7. The third kappa shape index (κ3) is 4.01. The summed E-state index contributed by atoms with van der Waals surface area (Å²) in [6, 6.07) is 11.2. The number of ketones is 1. The van der Waals surface area contributed by atoms with Gasteiger partial charge < -0.3 is 14.8 Å². The highest BCUT2D eigenvalue weighted by molar-refractivity contribution is 6.15. The summed E-state index contributed by atoms with van der Waals surface area (Å²) >= 11 is 0. The standard InChI is InChI=1S/C21H18N6O6/c1-3-33-15-9-7-12(8-10-15)18-16(19(28)13-5-4-6-14(11-13)27(30)31)17(20(29)32-2)22-21-23-24-25-26(18)21/h4-11,18H,3H2,1-2H3,(H,22,23,25)/t18-/m1/s1. The molecule has 12 nitrogen and oxygen atoms in total. The van der Waals surface area contributed by atoms with Crippen molar-refractivity contribution in [3.8, 4) is 5.75 Å². The van der Waals surface area contributed by atoms with Crippen molar-refractivity contribution < 1.29 is 24.0 Å². The number of methoxy groups -OCH3 is 1. The molecule has 1 aliphatic rings. The number of nitro groups is 1. The Labute approximate surface area is 187 Å². The molecule has 0 radical (unpaired) electrons. The van der Waals surface area contributed by atoms with Gasteiger partial charge in [0.25, 0.3) is 5.69 Å². The average Bonchev–Trinajstić information content (AvgIpc) is 3.31. The van der Waals surface area contributed by atoms with E-state index in [0.717, 1.165) is 6.07 Å². The summed E-state index contributed by atoms with van der Waals surface area (Å²) in [5.41, 5.74) is 0.172. The van der Waals surface area contributed by atoms with Crippen molar-refractivity contribution in [2.45, 2.75) is 13.0 Å². The van der Waals surface area contributed by atoms with Gasteiger partial charge in [-0.25, -0.2) is 4.79 Å². The molecule has 0 aliphatic carbocycles. The Morgan fingerprint density at radius 3 is 2.64 bits per heavy atom. The van der Waals surface area contributed by atoms with Gasteiger partial charge >= 0.3 is 5.97 Å². The van der Waals surface area contributed by atoms with Crippen LogP contribution in [0, 0.1) is 10.1 Å². The zero-order valence-corrected chi connectivity index (χ0v) is 17.6. The molecule has 2 aromatic carbocycles. The van der Waals surface area contributed by atoms with Crippen molar-refractivity contribution in [3.05, 3.63) is 81.0 Å². The number of carbonyl (C=O) groups excluding carboxylic acids is 2. The molecule has 0 saturated carbocycles. The van der Waals surface area contributed by atoms with Gasteiger partial charge in [0.1, 0.15) is 17.5 Å². The van der Waals surface area contributed by atoms with Gasteiger partial charge in [-0.15, -0.1) is 0 Å². The predicted octanol–water partition coefficient (Wildman–Crippen LogP) is 2.30. The number of anilines is 1. The van der Waals surface area contributed by atoms with E-state index in [2.05, 4.69) is 20.8 Å². The molecule has 0 amide bonds. The van der Waals surface area contributed by atoms with Crippen LogP contribution < -0.4 is 10.1 Å². The number of ether oxygens (including phenoxy) is 2. The lowest BCUT2D eigenvalue weighted by Crippen LogP contribution is -2.33. The number of aromatic nitrogens is 4. The summed E-state index contributed by atoms with van der Waals surface area (Å²) in [4.78, 5) is 36.9. The number of carbonyl (C=O) groups is 2. The number of esters is 1. The quantitative estimate of drug-likeness (QED) is 0.246. The van der Waals surface area contributed by atoms with Gasteiger partial charge in [0.2, 0.25) is 5.95 Å². The second-order valence-electron chi connectivity index (χ2n) is 6.89. The monoisotopic (exact) mass is 450 g/mol. The SMILES string of the molecule is CCOc1ccc([C@@H]2C(C(=O)c3cccc([N+](=O)[O-])c3)=C(C(=O)OC)Nc3nnnn32)cc1. The summed E-state index contributed by atoms with van der Waals surface area (Å²) in [6.45, 7) is 2.34. The van der Waals surface area contributed by atoms with E-state index in [-0.39, 0.29) is 28.5 Å². The van der Waals surface area contributed by atoms with Crippen molar-refractivity contribution in [1.29, 1.82) is 0 Å². The molecule has 2 heterocycles. The van der Waals surface area contributed by atoms with Crippen LogP contribution in [-0.2, 0) is 9.53 Å². The predicted molar refractivity (Wildman–Crippen MR) is 114 cm³/mol. The Morgan fingerprint density at radius 2 is 1.97 bits per heavy atom. The maximum Gasteiger partial charge on any atom is 0.355 e. The Bertz CT molecular complexity index is 1270. The maximum atomic E-state index is 13.7. The maximum absolute atomic E-state index is 13.7. The normalized spacial score (nSPS) is 14.8. The van der Waals surface area contributed by atoms with Gasteiger partial charge in [-0.05, 0) is 35.0 Å². The molecule has 4 rings (SSSR count). The van der Waals surface area contributed by atoms with Gasteiger partial charge in [-0.2, -0.15) is 4.68 Å². The molecule has 1 atom stereocenters. The zero-order valence-electron chi connectivity index (χ0n) is 17.6. The van der Waals surface area contributed by atoms with Crippen LogP contribution in [0.4, 0.5) is 11.6 Å². The highest BCUT2D eigenvalue weighted by atomic mass is 16.6. The minimum Gasteiger partial charge on any atom is -0.494 e. The molecule has 1 N–H and O–H groups in total. The number of hydrogen-bond donors (Lipinski definition) is 1. The van der Waals surface area contributed by atoms with E-state index in [9.17, 15) is 19.7 Å². The largest absolute Gasteiger partial charge is 0.494 e. The number of nitrogens with one attached hydrogen (secondary N) is 1. The van der Waals surface area contributed by atoms with Crippen LogP contribution in [0.3, 0.4) is 0 Å². The van der Waals surface area contributed by atoms with Gasteiger partial charge in [0.05, 0.1) is 24.2 Å². The first-order valence-corrected chi connectivity index (χ1v) is 9.83. The van der Waals surface area contributed by atoms with Crippen molar-refractivity contribution in [3.63, 3.8) is 0 Å². The molecule has 0 saturated heterocycles. The summed E-state index contributed by atoms with van der Waals surface area (Å²) in [7, 11) is 1.18. The van der Waals surface area contributed by atoms with Crippen LogP contribution in [0.2, 0.25) is 0 Å². The number of allylic oxidation sites excluding steroid dienone is 1. The molecule has 33 heavy (non-hydrogen) atoms. The Kier molecular flexibility index (Phi) is 5.81. The first kappa shape index (κ1) is 21.6. The van der Waals surface area contributed by atoms with Crippen LogP contribution in [0.25, 0.3) is 0 Å². The van der Waals surface area contributed by atoms with Crippen LogP contribution >= 0.6 is 0 Å². The molecule has 0 fully saturated rings. The molecule has 1 aliphatic heterocycles. The summed E-state index contributed by atoms with van der Waals surface area (Å²) in [6.07, 6.45) is 0. The molecule has 12 heteroatoms. The van der Waals surface area contributed by atoms with Crippen LogP contribution in [-0.4, -0.2) is 50.6 Å². The Balaban J connectivity index is 1.90. The van der Waals surface area contributed by atoms with E-state index < -0.39 is 22.7 Å². The van der Waals surface area contributed by atoms with Crippen molar-refractivity contribution in [1.82, 2.24) is 20.2 Å². The average molecular weight is 450 g/mol. The lowest BCUT2D eigenvalue weighted by molar-refractivity contribution is -0.384. The lowest BCUT2D eigenvalue weighted by Gasteiger charge is -2.28. The number of Topliss-reactive ketones (excluding diaryl/α,β-unsaturated/α-hetero) is 1. The second-order valence-corrected chi connectivity index (χ2v) is 6.89. The van der Waals surface area contributed by atoms with E-state index in [1.165, 1.54) is 30.0 Å². The van der Waals surface area contributed by atoms with Crippen molar-refractivity contribution in [2.24, 2.45) is 0 Å². The van der Waals surface area contributed by atoms with Crippen molar-refractivity contribution in [2.75, 3.05) is 19.0 Å². The van der Waals surface area contributed by atoms with Crippen molar-refractivity contribution >= 4 is 23.4 Å². The summed E-state index contributed by atoms with van der Waals surface area (Å²) in [5.74, 6) is -0.679. The van der Waals surface area contributed by atoms with Crippen LogP contribution in [0.15, 0.2) is 59.8 Å². The van der Waals surface area contributed by atoms with E-state index in [4.69, 9.17) is 9.47 Å². The van der Waals surface area contributed by atoms with Crippen LogP contribution in [0.1, 0.15) is 28.9 Å². The number of nitro benzene ring substituents is 1. The fraction of sp³-hybridized carbons (Fsp3) is 0.190. The molecule has 3 aromatic rings. The van der Waals surface area contributed by atoms with Gasteiger partial charge in [-0.3, -0.25) is 14.9 Å². The van der Waals surface area contributed by atoms with E-state index >= 15 is 0 Å². The minimum atomic E-state index is -0.909. The molecule has 0 spiro atoms. The van der Waals surface area contributed by atoms with E-state index in [0.29, 0.717) is 17.9 Å². The number of nitrogens with zero attached hydrogens (tertiary/aromatic N) is 5. The number of fused-ring (bicyclic) bond motifs is 1. The molecule has 168 valence electrons. The zero-order chi connectivity index (χ0) is 23.5. The highest BCUT2D eigenvalue weighted by Crippen LogP contribution is 2.37. The number of hydrogen-bond acceptors (Lipinski definition) is 10. The highest BCUT2D eigenvalue weighted by Gasteiger charge is 2.38. The first-order chi connectivity index (χ1) is 15.9. The van der Waals surface area contributed by atoms with Gasteiger partial charge in [-0.1, -0.05) is 29.4 Å². The third-order valence-corrected chi connectivity index (χ3v) is 4.98.